The summed E-state index contributed by atoms with van der Waals surface area (Å²) in [4.78, 5) is 31.8. The second-order valence-corrected chi connectivity index (χ2v) is 7.71. The Kier molecular flexibility index (Phi) is 6.65. The third-order valence-corrected chi connectivity index (χ3v) is 5.57. The molecule has 1 fully saturated rings. The number of aromatic nitrogens is 1. The van der Waals surface area contributed by atoms with E-state index < -0.39 is 0 Å². The normalized spacial score (nSPS) is 14.0. The van der Waals surface area contributed by atoms with Crippen molar-refractivity contribution in [3.63, 3.8) is 0 Å². The van der Waals surface area contributed by atoms with Crippen molar-refractivity contribution in [2.45, 2.75) is 12.8 Å². The quantitative estimate of drug-likeness (QED) is 0.612. The summed E-state index contributed by atoms with van der Waals surface area (Å²) in [5.41, 5.74) is 2.01. The highest BCUT2D eigenvalue weighted by molar-refractivity contribution is 6.04. The van der Waals surface area contributed by atoms with Crippen LogP contribution in [0, 0.1) is 5.92 Å². The summed E-state index contributed by atoms with van der Waals surface area (Å²) >= 11 is 0. The Morgan fingerprint density at radius 3 is 2.44 bits per heavy atom. The molecule has 2 heterocycles. The third-order valence-electron chi connectivity index (χ3n) is 5.57. The van der Waals surface area contributed by atoms with Gasteiger partial charge >= 0.3 is 0 Å². The maximum atomic E-state index is 12.7. The van der Waals surface area contributed by atoms with E-state index in [1.807, 2.05) is 48.5 Å². The molecule has 0 saturated carbocycles. The minimum atomic E-state index is -0.209. The molecule has 0 aliphatic carbocycles. The number of methoxy groups -OCH3 is 1. The maximum absolute atomic E-state index is 12.7. The van der Waals surface area contributed by atoms with Crippen molar-refractivity contribution in [2.24, 2.45) is 5.92 Å². The van der Waals surface area contributed by atoms with Gasteiger partial charge in [0.05, 0.1) is 7.11 Å². The van der Waals surface area contributed by atoms with Gasteiger partial charge in [-0.1, -0.05) is 24.3 Å². The Hall–Kier alpha value is -3.87. The molecule has 0 spiro atoms. The number of ether oxygens (including phenoxy) is 1. The highest BCUT2D eigenvalue weighted by atomic mass is 16.5. The average Bonchev–Trinajstić information content (AvgIpc) is 2.85. The molecule has 32 heavy (non-hydrogen) atoms. The minimum absolute atomic E-state index is 0.0361. The fraction of sp³-hybridized carbons (Fsp3) is 0.240. The van der Waals surface area contributed by atoms with Crippen molar-refractivity contribution >= 4 is 29.0 Å². The van der Waals surface area contributed by atoms with E-state index in [1.54, 1.807) is 31.5 Å². The van der Waals surface area contributed by atoms with Crippen LogP contribution in [0.4, 0.5) is 17.2 Å². The number of pyridine rings is 1. The summed E-state index contributed by atoms with van der Waals surface area (Å²) in [5, 5.41) is 5.88. The van der Waals surface area contributed by atoms with E-state index in [2.05, 4.69) is 20.5 Å². The zero-order valence-electron chi connectivity index (χ0n) is 18.0. The molecule has 0 radical (unpaired) electrons. The van der Waals surface area contributed by atoms with E-state index in [0.717, 1.165) is 24.3 Å². The molecule has 3 aromatic rings. The van der Waals surface area contributed by atoms with Crippen LogP contribution < -0.4 is 20.3 Å². The van der Waals surface area contributed by atoms with Crippen LogP contribution >= 0.6 is 0 Å². The summed E-state index contributed by atoms with van der Waals surface area (Å²) in [5.74, 6) is 1.22. The first kappa shape index (κ1) is 21.4. The third kappa shape index (κ3) is 5.24. The molecule has 1 aliphatic rings. The molecule has 2 N–H and O–H groups in total. The lowest BCUT2D eigenvalue weighted by Crippen LogP contribution is -2.38. The number of nitrogens with zero attached hydrogens (tertiary/aromatic N) is 2. The van der Waals surface area contributed by atoms with E-state index >= 15 is 0 Å². The number of amides is 2. The molecule has 1 aliphatic heterocycles. The number of hydrogen-bond acceptors (Lipinski definition) is 5. The molecule has 2 amide bonds. The number of rotatable bonds is 6. The Morgan fingerprint density at radius 2 is 1.69 bits per heavy atom. The maximum Gasteiger partial charge on any atom is 0.255 e. The lowest BCUT2D eigenvalue weighted by molar-refractivity contribution is -0.120. The Morgan fingerprint density at radius 1 is 0.938 bits per heavy atom. The van der Waals surface area contributed by atoms with E-state index in [0.29, 0.717) is 30.1 Å². The van der Waals surface area contributed by atoms with Gasteiger partial charge in [0, 0.05) is 48.2 Å². The summed E-state index contributed by atoms with van der Waals surface area (Å²) in [6.45, 7) is 1.42. The molecular formula is C25H26N4O3. The molecule has 1 saturated heterocycles. The summed E-state index contributed by atoms with van der Waals surface area (Å²) in [7, 11) is 1.59. The van der Waals surface area contributed by atoms with Gasteiger partial charge in [0.15, 0.2) is 0 Å². The topological polar surface area (TPSA) is 83.6 Å². The fourth-order valence-corrected chi connectivity index (χ4v) is 3.77. The monoisotopic (exact) mass is 430 g/mol. The van der Waals surface area contributed by atoms with Gasteiger partial charge in [-0.25, -0.2) is 4.98 Å². The van der Waals surface area contributed by atoms with Gasteiger partial charge in [0.2, 0.25) is 5.91 Å². The summed E-state index contributed by atoms with van der Waals surface area (Å²) < 4.78 is 5.20. The van der Waals surface area contributed by atoms with Crippen LogP contribution in [0.2, 0.25) is 0 Å². The summed E-state index contributed by atoms with van der Waals surface area (Å²) in [6.07, 6.45) is 3.12. The van der Waals surface area contributed by atoms with Crippen molar-refractivity contribution in [2.75, 3.05) is 35.7 Å². The average molecular weight is 431 g/mol. The Bertz CT molecular complexity index is 1080. The number of piperidine rings is 1. The van der Waals surface area contributed by atoms with Crippen molar-refractivity contribution in [1.29, 1.82) is 0 Å². The SMILES string of the molecule is COc1cccc(NC(=O)c2ccnc(N3CCC(C(=O)Nc4ccccc4)CC3)c2)c1. The van der Waals surface area contributed by atoms with Crippen molar-refractivity contribution in [3.8, 4) is 5.75 Å². The number of nitrogens with one attached hydrogen (secondary N) is 2. The van der Waals surface area contributed by atoms with Gasteiger partial charge < -0.3 is 20.3 Å². The zero-order valence-corrected chi connectivity index (χ0v) is 18.0. The predicted octanol–water partition coefficient (Wildman–Crippen LogP) is 4.20. The molecule has 7 nitrogen and oxygen atoms in total. The number of benzene rings is 2. The van der Waals surface area contributed by atoms with Gasteiger partial charge in [-0.3, -0.25) is 9.59 Å². The minimum Gasteiger partial charge on any atom is -0.497 e. The number of para-hydroxylation sites is 1. The smallest absolute Gasteiger partial charge is 0.255 e. The largest absolute Gasteiger partial charge is 0.497 e. The highest BCUT2D eigenvalue weighted by Crippen LogP contribution is 2.24. The molecule has 7 heteroatoms. The summed E-state index contributed by atoms with van der Waals surface area (Å²) in [6, 6.07) is 20.2. The second kappa shape index (κ2) is 9.96. The first-order valence-corrected chi connectivity index (χ1v) is 10.6. The van der Waals surface area contributed by atoms with Crippen LogP contribution in [0.3, 0.4) is 0 Å². The van der Waals surface area contributed by atoms with E-state index in [-0.39, 0.29) is 17.7 Å². The molecule has 0 bridgehead atoms. The first-order valence-electron chi connectivity index (χ1n) is 10.6. The highest BCUT2D eigenvalue weighted by Gasteiger charge is 2.26. The number of anilines is 3. The molecule has 4 rings (SSSR count). The van der Waals surface area contributed by atoms with Gasteiger partial charge in [-0.15, -0.1) is 0 Å². The Balaban J connectivity index is 1.35. The predicted molar refractivity (Wildman–Crippen MR) is 125 cm³/mol. The number of carbonyl (C=O) groups excluding carboxylic acids is 2. The number of hydrogen-bond donors (Lipinski definition) is 2. The van der Waals surface area contributed by atoms with Crippen LogP contribution in [-0.4, -0.2) is 37.0 Å². The number of carbonyl (C=O) groups is 2. The molecule has 0 atom stereocenters. The van der Waals surface area contributed by atoms with Crippen molar-refractivity contribution in [1.82, 2.24) is 4.98 Å². The standard InChI is InChI=1S/C25H26N4O3/c1-32-22-9-5-8-21(17-22)28-25(31)19-10-13-26-23(16-19)29-14-11-18(12-15-29)24(30)27-20-6-3-2-4-7-20/h2-10,13,16-18H,11-12,14-15H2,1H3,(H,27,30)(H,28,31). The molecule has 0 unspecified atom stereocenters. The van der Waals surface area contributed by atoms with Gasteiger partial charge in [0.25, 0.3) is 5.91 Å². The van der Waals surface area contributed by atoms with Gasteiger partial charge in [-0.05, 0) is 49.2 Å². The van der Waals surface area contributed by atoms with Crippen molar-refractivity contribution in [3.05, 3.63) is 78.5 Å². The van der Waals surface area contributed by atoms with Gasteiger partial charge in [0.1, 0.15) is 11.6 Å². The zero-order chi connectivity index (χ0) is 22.3. The first-order chi connectivity index (χ1) is 15.6. The van der Waals surface area contributed by atoms with Crippen LogP contribution in [0.25, 0.3) is 0 Å². The second-order valence-electron chi connectivity index (χ2n) is 7.71. The van der Waals surface area contributed by atoms with Crippen molar-refractivity contribution < 1.29 is 14.3 Å². The van der Waals surface area contributed by atoms with E-state index in [9.17, 15) is 9.59 Å². The molecule has 164 valence electrons. The van der Waals surface area contributed by atoms with E-state index in [4.69, 9.17) is 4.74 Å². The van der Waals surface area contributed by atoms with Crippen LogP contribution in [0.15, 0.2) is 72.9 Å². The Labute approximate surface area is 187 Å². The van der Waals surface area contributed by atoms with Gasteiger partial charge in [-0.2, -0.15) is 0 Å². The fourth-order valence-electron chi connectivity index (χ4n) is 3.77. The molecular weight excluding hydrogens is 404 g/mol. The lowest BCUT2D eigenvalue weighted by atomic mass is 9.95. The van der Waals surface area contributed by atoms with E-state index in [1.165, 1.54) is 0 Å². The molecule has 1 aromatic heterocycles. The molecule has 2 aromatic carbocycles. The lowest BCUT2D eigenvalue weighted by Gasteiger charge is -2.32. The van der Waals surface area contributed by atoms with Crippen LogP contribution in [0.1, 0.15) is 23.2 Å². The van der Waals surface area contributed by atoms with Crippen LogP contribution in [-0.2, 0) is 4.79 Å². The van der Waals surface area contributed by atoms with Crippen LogP contribution in [0.5, 0.6) is 5.75 Å².